The van der Waals surface area contributed by atoms with E-state index in [2.05, 4.69) is 17.1 Å². The predicted octanol–water partition coefficient (Wildman–Crippen LogP) is 2.28. The van der Waals surface area contributed by atoms with Crippen LogP contribution >= 0.6 is 11.6 Å². The zero-order valence-electron chi connectivity index (χ0n) is 11.5. The topological polar surface area (TPSA) is 58.4 Å². The van der Waals surface area contributed by atoms with Crippen LogP contribution in [-0.4, -0.2) is 36.5 Å². The first-order chi connectivity index (χ1) is 9.51. The maximum Gasteiger partial charge on any atom is 0.254 e. The van der Waals surface area contributed by atoms with Crippen molar-refractivity contribution in [2.24, 2.45) is 0 Å². The second-order valence-corrected chi connectivity index (χ2v) is 5.44. The molecule has 0 bridgehead atoms. The summed E-state index contributed by atoms with van der Waals surface area (Å²) in [5, 5.41) is 3.05. The normalized spacial score (nSPS) is 17.1. The highest BCUT2D eigenvalue weighted by Gasteiger charge is 2.22. The molecule has 1 fully saturated rings. The van der Waals surface area contributed by atoms with Crippen LogP contribution in [0.2, 0.25) is 5.02 Å². The van der Waals surface area contributed by atoms with Crippen molar-refractivity contribution in [3.05, 3.63) is 28.5 Å². The largest absolute Gasteiger partial charge is 0.397 e. The summed E-state index contributed by atoms with van der Waals surface area (Å²) in [6.07, 6.45) is 1.76. The smallest absolute Gasteiger partial charge is 0.254 e. The van der Waals surface area contributed by atoms with Gasteiger partial charge in [0.1, 0.15) is 5.82 Å². The van der Waals surface area contributed by atoms with Crippen LogP contribution in [0, 0.1) is 5.82 Å². The molecule has 1 saturated heterocycles. The number of likely N-dealkylation sites (tertiary alicyclic amines) is 1. The van der Waals surface area contributed by atoms with Crippen LogP contribution in [-0.2, 0) is 0 Å². The average molecular weight is 300 g/mol. The predicted molar refractivity (Wildman–Crippen MR) is 78.4 cm³/mol. The number of nitrogen functional groups attached to an aromatic ring is 1. The molecule has 1 heterocycles. The Morgan fingerprint density at radius 1 is 1.50 bits per heavy atom. The zero-order valence-corrected chi connectivity index (χ0v) is 12.2. The lowest BCUT2D eigenvalue weighted by Gasteiger charge is -2.31. The molecule has 0 spiro atoms. The van der Waals surface area contributed by atoms with Crippen molar-refractivity contribution >= 4 is 23.2 Å². The van der Waals surface area contributed by atoms with Gasteiger partial charge in [-0.1, -0.05) is 18.5 Å². The number of nitrogens with one attached hydrogen (secondary N) is 1. The Labute approximate surface area is 123 Å². The Bertz CT molecular complexity index is 501. The summed E-state index contributed by atoms with van der Waals surface area (Å²) >= 11 is 5.83. The summed E-state index contributed by atoms with van der Waals surface area (Å²) < 4.78 is 13.7. The molecule has 6 heteroatoms. The van der Waals surface area contributed by atoms with E-state index >= 15 is 0 Å². The van der Waals surface area contributed by atoms with Crippen molar-refractivity contribution in [2.75, 3.05) is 25.4 Å². The van der Waals surface area contributed by atoms with Gasteiger partial charge in [0, 0.05) is 19.1 Å². The lowest BCUT2D eigenvalue weighted by molar-refractivity contribution is 0.0908. The first-order valence-corrected chi connectivity index (χ1v) is 7.16. The number of benzene rings is 1. The first-order valence-electron chi connectivity index (χ1n) is 6.79. The Morgan fingerprint density at radius 2 is 2.15 bits per heavy atom. The van der Waals surface area contributed by atoms with Gasteiger partial charge < -0.3 is 16.0 Å². The summed E-state index contributed by atoms with van der Waals surface area (Å²) in [5.74, 6) is -1.07. The Balaban J connectivity index is 2.01. The van der Waals surface area contributed by atoms with Gasteiger partial charge in [0.15, 0.2) is 0 Å². The number of piperidine rings is 1. The van der Waals surface area contributed by atoms with Crippen molar-refractivity contribution in [1.29, 1.82) is 0 Å². The molecule has 110 valence electrons. The van der Waals surface area contributed by atoms with Gasteiger partial charge >= 0.3 is 0 Å². The van der Waals surface area contributed by atoms with Gasteiger partial charge in [-0.25, -0.2) is 4.39 Å². The molecule has 1 aromatic rings. The standard InChI is InChI=1S/C14H19ClFN3O/c1-2-19-5-3-9(4-6-19)18-14(20)10-7-11(15)13(17)8-12(10)16/h7-9H,2-6,17H2,1H3,(H,18,20). The third kappa shape index (κ3) is 3.41. The fraction of sp³-hybridized carbons (Fsp3) is 0.500. The third-order valence-corrected chi connectivity index (χ3v) is 4.03. The number of carbonyl (C=O) groups is 1. The molecule has 1 aliphatic heterocycles. The lowest BCUT2D eigenvalue weighted by Crippen LogP contribution is -2.44. The Hall–Kier alpha value is -1.33. The summed E-state index contributed by atoms with van der Waals surface area (Å²) in [4.78, 5) is 14.4. The van der Waals surface area contributed by atoms with Gasteiger partial charge in [-0.05, 0) is 31.5 Å². The minimum atomic E-state index is -0.643. The molecular formula is C14H19ClFN3O. The highest BCUT2D eigenvalue weighted by molar-refractivity contribution is 6.33. The number of amides is 1. The number of halogens is 2. The van der Waals surface area contributed by atoms with Gasteiger partial charge in [0.25, 0.3) is 5.91 Å². The summed E-state index contributed by atoms with van der Waals surface area (Å²) in [7, 11) is 0. The fourth-order valence-corrected chi connectivity index (χ4v) is 2.56. The second-order valence-electron chi connectivity index (χ2n) is 5.04. The van der Waals surface area contributed by atoms with Crippen molar-refractivity contribution in [1.82, 2.24) is 10.2 Å². The van der Waals surface area contributed by atoms with Crippen LogP contribution in [0.3, 0.4) is 0 Å². The van der Waals surface area contributed by atoms with E-state index in [9.17, 15) is 9.18 Å². The van der Waals surface area contributed by atoms with Crippen LogP contribution in [0.25, 0.3) is 0 Å². The van der Waals surface area contributed by atoms with Crippen LogP contribution < -0.4 is 11.1 Å². The molecule has 0 radical (unpaired) electrons. The molecule has 1 aromatic carbocycles. The summed E-state index contributed by atoms with van der Waals surface area (Å²) in [6.45, 7) is 5.03. The third-order valence-electron chi connectivity index (χ3n) is 3.70. The first kappa shape index (κ1) is 15.1. The second kappa shape index (κ2) is 6.41. The molecule has 0 unspecified atom stereocenters. The molecule has 20 heavy (non-hydrogen) atoms. The SMILES string of the molecule is CCN1CCC(NC(=O)c2cc(Cl)c(N)cc2F)CC1. The van der Waals surface area contributed by atoms with E-state index in [0.717, 1.165) is 38.5 Å². The number of nitrogens with two attached hydrogens (primary N) is 1. The van der Waals surface area contributed by atoms with Crippen LogP contribution in [0.5, 0.6) is 0 Å². The molecule has 3 N–H and O–H groups in total. The molecule has 0 aliphatic carbocycles. The molecule has 1 aliphatic rings. The van der Waals surface area contributed by atoms with Crippen molar-refractivity contribution in [3.8, 4) is 0 Å². The van der Waals surface area contributed by atoms with Crippen molar-refractivity contribution in [3.63, 3.8) is 0 Å². The fourth-order valence-electron chi connectivity index (χ4n) is 2.39. The highest BCUT2D eigenvalue weighted by Crippen LogP contribution is 2.23. The number of hydrogen-bond donors (Lipinski definition) is 2. The highest BCUT2D eigenvalue weighted by atomic mass is 35.5. The van der Waals surface area contributed by atoms with E-state index in [1.54, 1.807) is 0 Å². The average Bonchev–Trinajstić information content (AvgIpc) is 2.43. The number of rotatable bonds is 3. The van der Waals surface area contributed by atoms with Crippen molar-refractivity contribution in [2.45, 2.75) is 25.8 Å². The van der Waals surface area contributed by atoms with Gasteiger partial charge in [0.05, 0.1) is 16.3 Å². The van der Waals surface area contributed by atoms with Gasteiger partial charge in [-0.15, -0.1) is 0 Å². The van der Waals surface area contributed by atoms with E-state index in [1.165, 1.54) is 6.07 Å². The monoisotopic (exact) mass is 299 g/mol. The summed E-state index contributed by atoms with van der Waals surface area (Å²) in [5.41, 5.74) is 5.58. The molecule has 4 nitrogen and oxygen atoms in total. The van der Waals surface area contributed by atoms with Gasteiger partial charge in [0.2, 0.25) is 0 Å². The lowest BCUT2D eigenvalue weighted by atomic mass is 10.0. The molecule has 1 amide bonds. The van der Waals surface area contributed by atoms with Crippen LogP contribution in [0.1, 0.15) is 30.1 Å². The molecule has 0 saturated carbocycles. The van der Waals surface area contributed by atoms with Gasteiger partial charge in [-0.3, -0.25) is 4.79 Å². The van der Waals surface area contributed by atoms with Crippen LogP contribution in [0.4, 0.5) is 10.1 Å². The molecular weight excluding hydrogens is 281 g/mol. The number of anilines is 1. The maximum atomic E-state index is 13.7. The summed E-state index contributed by atoms with van der Waals surface area (Å²) in [6, 6.07) is 2.45. The number of nitrogens with zero attached hydrogens (tertiary/aromatic N) is 1. The zero-order chi connectivity index (χ0) is 14.7. The van der Waals surface area contributed by atoms with E-state index in [1.807, 2.05) is 0 Å². The molecule has 2 rings (SSSR count). The minimum Gasteiger partial charge on any atom is -0.397 e. The number of carbonyl (C=O) groups excluding carboxylic acids is 1. The van der Waals surface area contributed by atoms with Crippen LogP contribution in [0.15, 0.2) is 12.1 Å². The maximum absolute atomic E-state index is 13.7. The molecule has 0 atom stereocenters. The Morgan fingerprint density at radius 3 is 2.75 bits per heavy atom. The van der Waals surface area contributed by atoms with Gasteiger partial charge in [-0.2, -0.15) is 0 Å². The Kier molecular flexibility index (Phi) is 4.83. The van der Waals surface area contributed by atoms with E-state index < -0.39 is 11.7 Å². The van der Waals surface area contributed by atoms with E-state index in [0.29, 0.717) is 0 Å². The van der Waals surface area contributed by atoms with E-state index in [4.69, 9.17) is 17.3 Å². The minimum absolute atomic E-state index is 0.0536. The number of hydrogen-bond acceptors (Lipinski definition) is 3. The quantitative estimate of drug-likeness (QED) is 0.842. The molecule has 0 aromatic heterocycles. The van der Waals surface area contributed by atoms with Crippen molar-refractivity contribution < 1.29 is 9.18 Å². The van der Waals surface area contributed by atoms with E-state index in [-0.39, 0.29) is 22.3 Å².